The van der Waals surface area contributed by atoms with Gasteiger partial charge in [0, 0.05) is 12.1 Å². The lowest BCUT2D eigenvalue weighted by molar-refractivity contribution is -0.0498. The summed E-state index contributed by atoms with van der Waals surface area (Å²) in [7, 11) is 3.14. The second kappa shape index (κ2) is 9.73. The molecule has 1 amide bonds. The quantitative estimate of drug-likeness (QED) is 0.555. The number of aromatic amines is 1. The molecular formula is C21H21F2N3O4. The van der Waals surface area contributed by atoms with Crippen LogP contribution in [0.15, 0.2) is 48.5 Å². The van der Waals surface area contributed by atoms with Gasteiger partial charge in [-0.15, -0.1) is 0 Å². The normalized spacial score (nSPS) is 10.7. The topological polar surface area (TPSA) is 85.5 Å². The van der Waals surface area contributed by atoms with Crippen LogP contribution < -0.4 is 19.5 Å². The molecule has 0 aliphatic rings. The van der Waals surface area contributed by atoms with Crippen LogP contribution in [0.1, 0.15) is 16.1 Å². The highest BCUT2D eigenvalue weighted by molar-refractivity contribution is 5.93. The molecule has 0 bridgehead atoms. The summed E-state index contributed by atoms with van der Waals surface area (Å²) < 4.78 is 39.2. The van der Waals surface area contributed by atoms with E-state index in [0.717, 1.165) is 5.56 Å². The first-order valence-electron chi connectivity index (χ1n) is 9.10. The standard InChI is InChI=1S/C21H21F2N3O4/c1-28-18-8-3-13(11-19(18)29-2)9-10-24-20(27)17-12-16(25-26-17)14-4-6-15(7-5-14)30-21(22)23/h3-8,11-12,21H,9-10H2,1-2H3,(H,24,27)(H,25,26). The number of hydrogen-bond acceptors (Lipinski definition) is 5. The molecule has 1 aromatic heterocycles. The Morgan fingerprint density at radius 2 is 1.80 bits per heavy atom. The monoisotopic (exact) mass is 417 g/mol. The van der Waals surface area contributed by atoms with Crippen LogP contribution in [0.3, 0.4) is 0 Å². The number of ether oxygens (including phenoxy) is 3. The number of H-pyrrole nitrogens is 1. The third-order valence-corrected chi connectivity index (χ3v) is 4.34. The van der Waals surface area contributed by atoms with Crippen molar-refractivity contribution in [1.29, 1.82) is 0 Å². The highest BCUT2D eigenvalue weighted by Gasteiger charge is 2.12. The van der Waals surface area contributed by atoms with Crippen LogP contribution in [0.25, 0.3) is 11.3 Å². The third kappa shape index (κ3) is 5.25. The number of amides is 1. The number of hydrogen-bond donors (Lipinski definition) is 2. The average Bonchev–Trinajstić information content (AvgIpc) is 3.24. The van der Waals surface area contributed by atoms with E-state index in [9.17, 15) is 13.6 Å². The van der Waals surface area contributed by atoms with E-state index in [-0.39, 0.29) is 11.7 Å². The predicted molar refractivity (Wildman–Crippen MR) is 106 cm³/mol. The van der Waals surface area contributed by atoms with Gasteiger partial charge in [0.1, 0.15) is 11.4 Å². The highest BCUT2D eigenvalue weighted by atomic mass is 19.3. The number of rotatable bonds is 9. The van der Waals surface area contributed by atoms with Crippen molar-refractivity contribution in [3.63, 3.8) is 0 Å². The molecule has 3 rings (SSSR count). The SMILES string of the molecule is COc1ccc(CCNC(=O)c2cc(-c3ccc(OC(F)F)cc3)n[nH]2)cc1OC. The van der Waals surface area contributed by atoms with Gasteiger partial charge in [-0.3, -0.25) is 9.89 Å². The number of carbonyl (C=O) groups is 1. The second-order valence-corrected chi connectivity index (χ2v) is 6.26. The Morgan fingerprint density at radius 1 is 1.07 bits per heavy atom. The summed E-state index contributed by atoms with van der Waals surface area (Å²) in [6, 6.07) is 13.2. The van der Waals surface area contributed by atoms with Crippen LogP contribution in [0, 0.1) is 0 Å². The Balaban J connectivity index is 1.56. The first-order valence-corrected chi connectivity index (χ1v) is 9.10. The van der Waals surface area contributed by atoms with Gasteiger partial charge in [-0.1, -0.05) is 6.07 Å². The summed E-state index contributed by atoms with van der Waals surface area (Å²) >= 11 is 0. The minimum atomic E-state index is -2.88. The predicted octanol–water partition coefficient (Wildman–Crippen LogP) is 3.67. The van der Waals surface area contributed by atoms with E-state index >= 15 is 0 Å². The van der Waals surface area contributed by atoms with Crippen molar-refractivity contribution < 1.29 is 27.8 Å². The van der Waals surface area contributed by atoms with E-state index in [1.807, 2.05) is 18.2 Å². The van der Waals surface area contributed by atoms with Crippen molar-refractivity contribution in [3.8, 4) is 28.5 Å². The molecule has 0 spiro atoms. The minimum absolute atomic E-state index is 0.0532. The van der Waals surface area contributed by atoms with Gasteiger partial charge in [-0.25, -0.2) is 0 Å². The van der Waals surface area contributed by atoms with Gasteiger partial charge < -0.3 is 19.5 Å². The molecule has 3 aromatic rings. The summed E-state index contributed by atoms with van der Waals surface area (Å²) in [6.07, 6.45) is 0.610. The van der Waals surface area contributed by atoms with E-state index < -0.39 is 6.61 Å². The Kier molecular flexibility index (Phi) is 6.84. The fraction of sp³-hybridized carbons (Fsp3) is 0.238. The minimum Gasteiger partial charge on any atom is -0.493 e. The molecule has 2 aromatic carbocycles. The van der Waals surface area contributed by atoms with Gasteiger partial charge in [0.05, 0.1) is 19.9 Å². The summed E-state index contributed by atoms with van der Waals surface area (Å²) in [6.45, 7) is -2.46. The van der Waals surface area contributed by atoms with Gasteiger partial charge in [0.25, 0.3) is 5.91 Å². The molecule has 158 valence electrons. The molecule has 0 saturated heterocycles. The molecule has 0 saturated carbocycles. The van der Waals surface area contributed by atoms with Crippen LogP contribution in [-0.4, -0.2) is 43.5 Å². The lowest BCUT2D eigenvalue weighted by Crippen LogP contribution is -2.26. The van der Waals surface area contributed by atoms with Gasteiger partial charge >= 0.3 is 6.61 Å². The number of aromatic nitrogens is 2. The molecule has 9 heteroatoms. The molecule has 1 heterocycles. The van der Waals surface area contributed by atoms with Crippen LogP contribution in [-0.2, 0) is 6.42 Å². The van der Waals surface area contributed by atoms with Gasteiger partial charge in [-0.2, -0.15) is 13.9 Å². The number of carbonyl (C=O) groups excluding carboxylic acids is 1. The molecule has 0 aliphatic heterocycles. The average molecular weight is 417 g/mol. The summed E-state index contributed by atoms with van der Waals surface area (Å²) in [5, 5.41) is 9.61. The number of benzene rings is 2. The third-order valence-electron chi connectivity index (χ3n) is 4.34. The molecule has 0 unspecified atom stereocenters. The molecule has 7 nitrogen and oxygen atoms in total. The molecule has 2 N–H and O–H groups in total. The van der Waals surface area contributed by atoms with Crippen molar-refractivity contribution in [2.45, 2.75) is 13.0 Å². The van der Waals surface area contributed by atoms with Crippen molar-refractivity contribution in [1.82, 2.24) is 15.5 Å². The van der Waals surface area contributed by atoms with E-state index in [1.54, 1.807) is 32.4 Å². The van der Waals surface area contributed by atoms with E-state index in [0.29, 0.717) is 41.4 Å². The molecule has 0 atom stereocenters. The van der Waals surface area contributed by atoms with E-state index in [1.165, 1.54) is 12.1 Å². The lowest BCUT2D eigenvalue weighted by atomic mass is 10.1. The molecule has 0 radical (unpaired) electrons. The largest absolute Gasteiger partial charge is 0.493 e. The maximum atomic E-state index is 12.3. The lowest BCUT2D eigenvalue weighted by Gasteiger charge is -2.09. The summed E-state index contributed by atoms with van der Waals surface area (Å²) in [5.74, 6) is 1.03. The number of alkyl halides is 2. The molecule has 0 fully saturated rings. The van der Waals surface area contributed by atoms with E-state index in [2.05, 4.69) is 20.3 Å². The van der Waals surface area contributed by atoms with E-state index in [4.69, 9.17) is 9.47 Å². The Bertz CT molecular complexity index is 990. The maximum Gasteiger partial charge on any atom is 0.387 e. The molecule has 30 heavy (non-hydrogen) atoms. The van der Waals surface area contributed by atoms with Crippen molar-refractivity contribution >= 4 is 5.91 Å². The Morgan fingerprint density at radius 3 is 2.47 bits per heavy atom. The van der Waals surface area contributed by atoms with Crippen LogP contribution in [0.4, 0.5) is 8.78 Å². The second-order valence-electron chi connectivity index (χ2n) is 6.26. The van der Waals surface area contributed by atoms with Gasteiger partial charge in [0.2, 0.25) is 0 Å². The Labute approximate surface area is 172 Å². The fourth-order valence-corrected chi connectivity index (χ4v) is 2.84. The van der Waals surface area contributed by atoms with Crippen LogP contribution in [0.5, 0.6) is 17.2 Å². The number of nitrogens with zero attached hydrogens (tertiary/aromatic N) is 1. The van der Waals surface area contributed by atoms with Crippen molar-refractivity contribution in [3.05, 3.63) is 59.8 Å². The molecule has 0 aliphatic carbocycles. The highest BCUT2D eigenvalue weighted by Crippen LogP contribution is 2.27. The summed E-state index contributed by atoms with van der Waals surface area (Å²) in [4.78, 5) is 12.3. The number of halogens is 2. The smallest absolute Gasteiger partial charge is 0.387 e. The zero-order chi connectivity index (χ0) is 21.5. The zero-order valence-corrected chi connectivity index (χ0v) is 16.4. The fourth-order valence-electron chi connectivity index (χ4n) is 2.84. The first-order chi connectivity index (χ1) is 14.5. The maximum absolute atomic E-state index is 12.3. The number of methoxy groups -OCH3 is 2. The number of nitrogens with one attached hydrogen (secondary N) is 2. The van der Waals surface area contributed by atoms with Gasteiger partial charge in [0.15, 0.2) is 11.5 Å². The Hall–Kier alpha value is -3.62. The summed E-state index contributed by atoms with van der Waals surface area (Å²) in [5.41, 5.74) is 2.47. The van der Waals surface area contributed by atoms with Crippen molar-refractivity contribution in [2.75, 3.05) is 20.8 Å². The molecular weight excluding hydrogens is 396 g/mol. The van der Waals surface area contributed by atoms with Crippen LogP contribution >= 0.6 is 0 Å². The zero-order valence-electron chi connectivity index (χ0n) is 16.4. The van der Waals surface area contributed by atoms with Crippen LogP contribution in [0.2, 0.25) is 0 Å². The van der Waals surface area contributed by atoms with Gasteiger partial charge in [-0.05, 0) is 54.4 Å². The van der Waals surface area contributed by atoms with Crippen molar-refractivity contribution in [2.24, 2.45) is 0 Å². The first kappa shape index (κ1) is 21.1.